The van der Waals surface area contributed by atoms with Crippen molar-refractivity contribution in [1.82, 2.24) is 9.97 Å². The van der Waals surface area contributed by atoms with Crippen molar-refractivity contribution in [3.63, 3.8) is 0 Å². The molecule has 0 saturated carbocycles. The molecule has 0 bridgehead atoms. The zero-order valence-electron chi connectivity index (χ0n) is 10.9. The molecule has 0 saturated heterocycles. The lowest BCUT2D eigenvalue weighted by Crippen LogP contribution is -2.10. The van der Waals surface area contributed by atoms with Gasteiger partial charge in [0.05, 0.1) is 6.10 Å². The van der Waals surface area contributed by atoms with Gasteiger partial charge in [0, 0.05) is 10.0 Å². The van der Waals surface area contributed by atoms with Crippen LogP contribution in [0.5, 0.6) is 17.5 Å². The molecule has 0 amide bonds. The Balaban J connectivity index is 2.29. The summed E-state index contributed by atoms with van der Waals surface area (Å²) in [6, 6.07) is 4.82. The molecule has 0 aliphatic heterocycles. The predicted octanol–water partition coefficient (Wildman–Crippen LogP) is 3.95. The molecule has 0 aliphatic carbocycles. The number of aromatic nitrogens is 2. The fourth-order valence-electron chi connectivity index (χ4n) is 1.46. The average Bonchev–Trinajstić information content (AvgIpc) is 2.32. The minimum Gasteiger partial charge on any atom is -0.473 e. The number of nitrogens with zero attached hydrogens (tertiary/aromatic N) is 2. The van der Waals surface area contributed by atoms with Crippen molar-refractivity contribution in [1.29, 1.82) is 0 Å². The van der Waals surface area contributed by atoms with Gasteiger partial charge in [0.1, 0.15) is 12.1 Å². The van der Waals surface area contributed by atoms with Crippen LogP contribution in [0.25, 0.3) is 0 Å². The first-order valence-electron chi connectivity index (χ1n) is 5.87. The zero-order chi connectivity index (χ0) is 14.7. The first kappa shape index (κ1) is 14.7. The quantitative estimate of drug-likeness (QED) is 0.925. The summed E-state index contributed by atoms with van der Waals surface area (Å²) >= 11 is 11.8. The van der Waals surface area contributed by atoms with Gasteiger partial charge in [-0.25, -0.2) is 0 Å². The van der Waals surface area contributed by atoms with Crippen molar-refractivity contribution in [2.45, 2.75) is 20.0 Å². The largest absolute Gasteiger partial charge is 0.473 e. The maximum Gasteiger partial charge on any atom is 0.249 e. The van der Waals surface area contributed by atoms with Crippen LogP contribution in [0.2, 0.25) is 10.0 Å². The van der Waals surface area contributed by atoms with E-state index < -0.39 is 0 Å². The van der Waals surface area contributed by atoms with Crippen molar-refractivity contribution in [3.8, 4) is 17.5 Å². The molecular formula is C13H13Cl2N3O2. The van der Waals surface area contributed by atoms with Crippen LogP contribution < -0.4 is 15.2 Å². The van der Waals surface area contributed by atoms with Crippen molar-refractivity contribution in [2.75, 3.05) is 5.73 Å². The van der Waals surface area contributed by atoms with Gasteiger partial charge in [0.15, 0.2) is 5.69 Å². The molecule has 0 radical (unpaired) electrons. The summed E-state index contributed by atoms with van der Waals surface area (Å²) < 4.78 is 11.0. The molecule has 0 unspecified atom stereocenters. The molecule has 1 aromatic carbocycles. The minimum atomic E-state index is -0.0549. The molecule has 106 valence electrons. The number of hydrogen-bond donors (Lipinski definition) is 1. The van der Waals surface area contributed by atoms with E-state index in [1.807, 2.05) is 13.8 Å². The number of nitrogens with two attached hydrogens (primary N) is 1. The molecule has 2 N–H and O–H groups in total. The van der Waals surface area contributed by atoms with E-state index >= 15 is 0 Å². The summed E-state index contributed by atoms with van der Waals surface area (Å²) in [5.74, 6) is 0.899. The molecule has 0 atom stereocenters. The second-order valence-electron chi connectivity index (χ2n) is 4.27. The molecule has 1 aromatic heterocycles. The van der Waals surface area contributed by atoms with Gasteiger partial charge in [-0.2, -0.15) is 9.97 Å². The standard InChI is InChI=1S/C13H13Cl2N3O2/c1-7(2)19-12-11(16)13(18-6-17-12)20-10-4-8(14)3-9(15)5-10/h3-7H,16H2,1-2H3. The lowest BCUT2D eigenvalue weighted by molar-refractivity contribution is 0.233. The molecule has 0 spiro atoms. The van der Waals surface area contributed by atoms with Crippen LogP contribution in [0.3, 0.4) is 0 Å². The Kier molecular flexibility index (Phi) is 4.52. The highest BCUT2D eigenvalue weighted by molar-refractivity contribution is 6.34. The van der Waals surface area contributed by atoms with E-state index in [4.69, 9.17) is 38.4 Å². The number of anilines is 1. The molecule has 7 heteroatoms. The maximum atomic E-state index is 5.91. The van der Waals surface area contributed by atoms with E-state index in [2.05, 4.69) is 9.97 Å². The van der Waals surface area contributed by atoms with Gasteiger partial charge in [0.25, 0.3) is 0 Å². The lowest BCUT2D eigenvalue weighted by atomic mass is 10.3. The molecule has 0 fully saturated rings. The average molecular weight is 314 g/mol. The number of ether oxygens (including phenoxy) is 2. The van der Waals surface area contributed by atoms with Crippen molar-refractivity contribution < 1.29 is 9.47 Å². The Morgan fingerprint density at radius 1 is 1.05 bits per heavy atom. The third-order valence-corrected chi connectivity index (χ3v) is 2.65. The van der Waals surface area contributed by atoms with Gasteiger partial charge in [-0.05, 0) is 32.0 Å². The Labute approximate surface area is 126 Å². The van der Waals surface area contributed by atoms with E-state index in [0.717, 1.165) is 0 Å². The fourth-order valence-corrected chi connectivity index (χ4v) is 1.97. The monoisotopic (exact) mass is 313 g/mol. The molecule has 20 heavy (non-hydrogen) atoms. The van der Waals surface area contributed by atoms with Crippen molar-refractivity contribution in [2.24, 2.45) is 0 Å². The van der Waals surface area contributed by atoms with Gasteiger partial charge < -0.3 is 15.2 Å². The highest BCUT2D eigenvalue weighted by Gasteiger charge is 2.13. The Morgan fingerprint density at radius 3 is 2.25 bits per heavy atom. The van der Waals surface area contributed by atoms with Gasteiger partial charge in [-0.1, -0.05) is 23.2 Å². The van der Waals surface area contributed by atoms with Crippen LogP contribution in [0.15, 0.2) is 24.5 Å². The number of rotatable bonds is 4. The summed E-state index contributed by atoms with van der Waals surface area (Å²) in [4.78, 5) is 7.94. The number of hydrogen-bond acceptors (Lipinski definition) is 5. The van der Waals surface area contributed by atoms with E-state index in [1.165, 1.54) is 6.33 Å². The molecule has 2 rings (SSSR count). The number of nitrogen functional groups attached to an aromatic ring is 1. The molecule has 0 aliphatic rings. The number of benzene rings is 1. The third-order valence-electron chi connectivity index (χ3n) is 2.21. The Morgan fingerprint density at radius 2 is 1.65 bits per heavy atom. The van der Waals surface area contributed by atoms with Gasteiger partial charge in [-0.15, -0.1) is 0 Å². The lowest BCUT2D eigenvalue weighted by Gasteiger charge is -2.13. The Bertz CT molecular complexity index is 600. The van der Waals surface area contributed by atoms with E-state index in [9.17, 15) is 0 Å². The van der Waals surface area contributed by atoms with Crippen LogP contribution in [0.1, 0.15) is 13.8 Å². The summed E-state index contributed by atoms with van der Waals surface area (Å²) in [6.07, 6.45) is 1.26. The highest BCUT2D eigenvalue weighted by Crippen LogP contribution is 2.33. The highest BCUT2D eigenvalue weighted by atomic mass is 35.5. The first-order valence-corrected chi connectivity index (χ1v) is 6.62. The van der Waals surface area contributed by atoms with Crippen LogP contribution >= 0.6 is 23.2 Å². The maximum absolute atomic E-state index is 5.91. The Hall–Kier alpha value is -1.72. The zero-order valence-corrected chi connectivity index (χ0v) is 12.4. The fraction of sp³-hybridized carbons (Fsp3) is 0.231. The van der Waals surface area contributed by atoms with Crippen molar-refractivity contribution >= 4 is 28.9 Å². The topological polar surface area (TPSA) is 70.3 Å². The van der Waals surface area contributed by atoms with Crippen molar-refractivity contribution in [3.05, 3.63) is 34.6 Å². The van der Waals surface area contributed by atoms with Gasteiger partial charge >= 0.3 is 0 Å². The van der Waals surface area contributed by atoms with E-state index in [-0.39, 0.29) is 23.6 Å². The van der Waals surface area contributed by atoms with Crippen LogP contribution in [-0.4, -0.2) is 16.1 Å². The SMILES string of the molecule is CC(C)Oc1ncnc(Oc2cc(Cl)cc(Cl)c2)c1N. The van der Waals surface area contributed by atoms with Crippen LogP contribution in [0.4, 0.5) is 5.69 Å². The summed E-state index contributed by atoms with van der Waals surface area (Å²) in [5.41, 5.74) is 6.13. The normalized spacial score (nSPS) is 10.7. The van der Waals surface area contributed by atoms with Gasteiger partial charge in [0.2, 0.25) is 11.8 Å². The second kappa shape index (κ2) is 6.15. The van der Waals surface area contributed by atoms with E-state index in [0.29, 0.717) is 15.8 Å². The third kappa shape index (κ3) is 3.65. The summed E-state index contributed by atoms with van der Waals surface area (Å²) in [7, 11) is 0. The molecule has 1 heterocycles. The number of halogens is 2. The summed E-state index contributed by atoms with van der Waals surface area (Å²) in [6.45, 7) is 3.75. The van der Waals surface area contributed by atoms with Gasteiger partial charge in [-0.3, -0.25) is 0 Å². The molecule has 2 aromatic rings. The second-order valence-corrected chi connectivity index (χ2v) is 5.14. The smallest absolute Gasteiger partial charge is 0.249 e. The van der Waals surface area contributed by atoms with Crippen LogP contribution in [-0.2, 0) is 0 Å². The predicted molar refractivity (Wildman–Crippen MR) is 78.7 cm³/mol. The minimum absolute atomic E-state index is 0.0549. The summed E-state index contributed by atoms with van der Waals surface area (Å²) in [5, 5.41) is 0.914. The molecule has 5 nitrogen and oxygen atoms in total. The first-order chi connectivity index (χ1) is 9.45. The molecular weight excluding hydrogens is 301 g/mol. The van der Waals surface area contributed by atoms with Crippen LogP contribution in [0, 0.1) is 0 Å². The van der Waals surface area contributed by atoms with E-state index in [1.54, 1.807) is 18.2 Å².